The first kappa shape index (κ1) is 19.6. The van der Waals surface area contributed by atoms with E-state index in [1.165, 1.54) is 24.3 Å². The molecular weight excluding hydrogens is 356 g/mol. The maximum absolute atomic E-state index is 12.2. The summed E-state index contributed by atoms with van der Waals surface area (Å²) in [6, 6.07) is 12.1. The minimum absolute atomic E-state index is 0.0327. The van der Waals surface area contributed by atoms with Crippen LogP contribution in [0.25, 0.3) is 0 Å². The van der Waals surface area contributed by atoms with Crippen LogP contribution in [0.5, 0.6) is 5.75 Å². The van der Waals surface area contributed by atoms with Crippen LogP contribution in [0.15, 0.2) is 53.4 Å². The van der Waals surface area contributed by atoms with E-state index in [0.29, 0.717) is 23.4 Å². The summed E-state index contributed by atoms with van der Waals surface area (Å²) in [4.78, 5) is 23.7. The van der Waals surface area contributed by atoms with Gasteiger partial charge in [-0.1, -0.05) is 6.92 Å². The highest BCUT2D eigenvalue weighted by molar-refractivity contribution is 7.89. The third-order valence-electron chi connectivity index (χ3n) is 3.63. The Hall–Kier alpha value is -2.71. The molecule has 0 spiro atoms. The lowest BCUT2D eigenvalue weighted by Gasteiger charge is -2.15. The van der Waals surface area contributed by atoms with Crippen molar-refractivity contribution in [2.45, 2.75) is 31.3 Å². The molecule has 0 radical (unpaired) electrons. The number of primary sulfonamides is 1. The third kappa shape index (κ3) is 5.14. The zero-order valence-electron chi connectivity index (χ0n) is 14.4. The van der Waals surface area contributed by atoms with Gasteiger partial charge in [-0.15, -0.1) is 0 Å². The molecule has 0 unspecified atom stereocenters. The predicted molar refractivity (Wildman–Crippen MR) is 97.6 cm³/mol. The van der Waals surface area contributed by atoms with Crippen molar-refractivity contribution in [3.05, 3.63) is 54.1 Å². The summed E-state index contributed by atoms with van der Waals surface area (Å²) in [6.45, 7) is 3.37. The lowest BCUT2D eigenvalue weighted by molar-refractivity contribution is -0.122. The van der Waals surface area contributed by atoms with Crippen LogP contribution in [-0.4, -0.2) is 26.2 Å². The first-order valence-corrected chi connectivity index (χ1v) is 9.49. The summed E-state index contributed by atoms with van der Waals surface area (Å²) in [5.41, 5.74) is 1.01. The van der Waals surface area contributed by atoms with E-state index in [1.54, 1.807) is 38.1 Å². The van der Waals surface area contributed by atoms with Crippen molar-refractivity contribution in [3.63, 3.8) is 0 Å². The van der Waals surface area contributed by atoms with E-state index >= 15 is 0 Å². The Labute approximate surface area is 152 Å². The summed E-state index contributed by atoms with van der Waals surface area (Å²) in [7, 11) is -3.78. The molecular formula is C18H20N2O5S. The number of ketones is 1. The molecule has 26 heavy (non-hydrogen) atoms. The van der Waals surface area contributed by atoms with Crippen molar-refractivity contribution in [3.8, 4) is 5.75 Å². The molecule has 2 aromatic carbocycles. The number of nitrogens with two attached hydrogens (primary N) is 1. The van der Waals surface area contributed by atoms with Gasteiger partial charge in [0, 0.05) is 17.7 Å². The summed E-state index contributed by atoms with van der Waals surface area (Å²) in [5.74, 6) is 0.0947. The highest BCUT2D eigenvalue weighted by Crippen LogP contribution is 2.17. The van der Waals surface area contributed by atoms with Crippen LogP contribution in [0.2, 0.25) is 0 Å². The second kappa shape index (κ2) is 8.11. The van der Waals surface area contributed by atoms with Gasteiger partial charge >= 0.3 is 0 Å². The van der Waals surface area contributed by atoms with Gasteiger partial charge in [0.15, 0.2) is 11.9 Å². The van der Waals surface area contributed by atoms with Crippen LogP contribution in [0.3, 0.4) is 0 Å². The van der Waals surface area contributed by atoms with Crippen molar-refractivity contribution in [1.29, 1.82) is 0 Å². The molecule has 138 valence electrons. The van der Waals surface area contributed by atoms with Gasteiger partial charge in [-0.3, -0.25) is 9.59 Å². The molecule has 2 aromatic rings. The second-order valence-corrected chi connectivity index (χ2v) is 7.18. The number of anilines is 1. The molecule has 8 heteroatoms. The number of hydrogen-bond acceptors (Lipinski definition) is 5. The van der Waals surface area contributed by atoms with Crippen molar-refractivity contribution in [2.24, 2.45) is 5.14 Å². The van der Waals surface area contributed by atoms with E-state index in [0.717, 1.165) is 0 Å². The fourth-order valence-corrected chi connectivity index (χ4v) is 2.67. The van der Waals surface area contributed by atoms with Gasteiger partial charge in [0.05, 0.1) is 4.90 Å². The monoisotopic (exact) mass is 376 g/mol. The van der Waals surface area contributed by atoms with Gasteiger partial charge < -0.3 is 10.1 Å². The Kier molecular flexibility index (Phi) is 6.12. The van der Waals surface area contributed by atoms with E-state index in [-0.39, 0.29) is 10.7 Å². The van der Waals surface area contributed by atoms with Crippen LogP contribution in [-0.2, 0) is 14.8 Å². The number of ether oxygens (including phenoxy) is 1. The Morgan fingerprint density at radius 1 is 1.08 bits per heavy atom. The van der Waals surface area contributed by atoms with Crippen LogP contribution in [0.1, 0.15) is 30.6 Å². The van der Waals surface area contributed by atoms with Gasteiger partial charge in [0.2, 0.25) is 10.0 Å². The molecule has 1 atom stereocenters. The molecule has 7 nitrogen and oxygen atoms in total. The van der Waals surface area contributed by atoms with Crippen molar-refractivity contribution in [2.75, 3.05) is 5.32 Å². The maximum atomic E-state index is 12.2. The minimum atomic E-state index is -3.78. The van der Waals surface area contributed by atoms with Gasteiger partial charge in [0.25, 0.3) is 5.91 Å². The van der Waals surface area contributed by atoms with Crippen molar-refractivity contribution >= 4 is 27.4 Å². The number of hydrogen-bond donors (Lipinski definition) is 2. The number of carbonyl (C=O) groups excluding carboxylic acids is 2. The van der Waals surface area contributed by atoms with E-state index in [9.17, 15) is 18.0 Å². The highest BCUT2D eigenvalue weighted by atomic mass is 32.2. The number of benzene rings is 2. The Morgan fingerprint density at radius 2 is 1.65 bits per heavy atom. The summed E-state index contributed by atoms with van der Waals surface area (Å²) >= 11 is 0. The number of nitrogens with one attached hydrogen (secondary N) is 1. The van der Waals surface area contributed by atoms with Gasteiger partial charge in [-0.25, -0.2) is 13.6 Å². The second-order valence-electron chi connectivity index (χ2n) is 5.62. The number of carbonyl (C=O) groups is 2. The topological polar surface area (TPSA) is 116 Å². The van der Waals surface area contributed by atoms with Crippen LogP contribution in [0.4, 0.5) is 5.69 Å². The summed E-state index contributed by atoms with van der Waals surface area (Å²) in [6.07, 6.45) is -0.371. The van der Waals surface area contributed by atoms with Gasteiger partial charge in [0.1, 0.15) is 5.75 Å². The fourth-order valence-electron chi connectivity index (χ4n) is 2.15. The van der Waals surface area contributed by atoms with Crippen molar-refractivity contribution in [1.82, 2.24) is 0 Å². The first-order valence-electron chi connectivity index (χ1n) is 7.94. The van der Waals surface area contributed by atoms with E-state index in [2.05, 4.69) is 5.32 Å². The molecule has 0 saturated carbocycles. The molecule has 0 saturated heterocycles. The van der Waals surface area contributed by atoms with Crippen LogP contribution in [0, 0.1) is 0 Å². The molecule has 1 amide bonds. The molecule has 0 aliphatic carbocycles. The molecule has 3 N–H and O–H groups in total. The molecule has 0 bridgehead atoms. The van der Waals surface area contributed by atoms with Gasteiger partial charge in [-0.05, 0) is 55.5 Å². The smallest absolute Gasteiger partial charge is 0.265 e. The zero-order valence-corrected chi connectivity index (χ0v) is 15.2. The molecule has 0 aromatic heterocycles. The summed E-state index contributed by atoms with van der Waals surface area (Å²) < 4.78 is 28.0. The zero-order chi connectivity index (χ0) is 19.3. The highest BCUT2D eigenvalue weighted by Gasteiger charge is 2.16. The molecule has 0 aliphatic heterocycles. The number of sulfonamides is 1. The molecule has 2 rings (SSSR count). The number of Topliss-reactive ketones (excluding diaryl/α,β-unsaturated/α-hetero) is 1. The normalized spacial score (nSPS) is 12.3. The number of rotatable bonds is 7. The van der Waals surface area contributed by atoms with Crippen LogP contribution >= 0.6 is 0 Å². The third-order valence-corrected chi connectivity index (χ3v) is 4.56. The Balaban J connectivity index is 1.98. The van der Waals surface area contributed by atoms with E-state index < -0.39 is 22.0 Å². The van der Waals surface area contributed by atoms with Gasteiger partial charge in [-0.2, -0.15) is 0 Å². The van der Waals surface area contributed by atoms with Crippen molar-refractivity contribution < 1.29 is 22.7 Å². The average molecular weight is 376 g/mol. The summed E-state index contributed by atoms with van der Waals surface area (Å²) in [5, 5.41) is 7.65. The Morgan fingerprint density at radius 3 is 2.15 bits per heavy atom. The first-order chi connectivity index (χ1) is 12.2. The fraction of sp³-hybridized carbons (Fsp3) is 0.222. The predicted octanol–water partition coefficient (Wildman–Crippen LogP) is 2.33. The standard InChI is InChI=1S/C18H20N2O5S/c1-3-17(21)13-4-8-15(9-5-13)25-12(2)18(22)20-14-6-10-16(11-7-14)26(19,23)24/h4-12H,3H2,1-2H3,(H,20,22)(H2,19,23,24)/t12-/m0/s1. The average Bonchev–Trinajstić information content (AvgIpc) is 2.61. The lowest BCUT2D eigenvalue weighted by Crippen LogP contribution is -2.30. The van der Waals surface area contributed by atoms with Crippen LogP contribution < -0.4 is 15.2 Å². The largest absolute Gasteiger partial charge is 0.481 e. The Bertz CT molecular complexity index is 890. The maximum Gasteiger partial charge on any atom is 0.265 e. The molecule has 0 aliphatic rings. The number of amides is 1. The quantitative estimate of drug-likeness (QED) is 0.720. The minimum Gasteiger partial charge on any atom is -0.481 e. The SMILES string of the molecule is CCC(=O)c1ccc(O[C@@H](C)C(=O)Nc2ccc(S(N)(=O)=O)cc2)cc1. The molecule has 0 heterocycles. The molecule has 0 fully saturated rings. The van der Waals surface area contributed by atoms with E-state index in [4.69, 9.17) is 9.88 Å². The lowest BCUT2D eigenvalue weighted by atomic mass is 10.1. The van der Waals surface area contributed by atoms with E-state index in [1.807, 2.05) is 0 Å².